The van der Waals surface area contributed by atoms with Crippen LogP contribution < -0.4 is 0 Å². The average molecular weight is 264 g/mol. The number of hydrogen-bond donors (Lipinski definition) is 1. The molecule has 0 radical (unpaired) electrons. The standard InChI is InChI=1S/C11H6BrNO2/c1-2-13-9-6-8(12)4-3-7(9)5-10(13)11(14)15/h1,3-6H,(H,14,15). The summed E-state index contributed by atoms with van der Waals surface area (Å²) >= 11 is 3.31. The molecular weight excluding hydrogens is 258 g/mol. The Balaban J connectivity index is 2.87. The topological polar surface area (TPSA) is 42.2 Å². The van der Waals surface area contributed by atoms with Crippen molar-refractivity contribution in [1.82, 2.24) is 4.57 Å². The summed E-state index contributed by atoms with van der Waals surface area (Å²) in [7, 11) is 0. The summed E-state index contributed by atoms with van der Waals surface area (Å²) in [6, 6.07) is 9.36. The summed E-state index contributed by atoms with van der Waals surface area (Å²) in [5.74, 6) is -1.03. The predicted octanol–water partition coefficient (Wildman–Crippen LogP) is 2.54. The molecule has 1 aromatic carbocycles. The van der Waals surface area contributed by atoms with Crippen LogP contribution in [0.3, 0.4) is 0 Å². The van der Waals surface area contributed by atoms with Crippen molar-refractivity contribution in [3.8, 4) is 12.5 Å². The highest BCUT2D eigenvalue weighted by atomic mass is 79.9. The number of carboxylic acid groups (broad SMARTS) is 1. The van der Waals surface area contributed by atoms with Gasteiger partial charge in [-0.1, -0.05) is 28.4 Å². The second-order valence-electron chi connectivity index (χ2n) is 3.00. The molecule has 2 aromatic rings. The Kier molecular flexibility index (Phi) is 2.25. The fourth-order valence-electron chi connectivity index (χ4n) is 1.47. The summed E-state index contributed by atoms with van der Waals surface area (Å²) in [6.45, 7) is 0. The van der Waals surface area contributed by atoms with Crippen LogP contribution in [0, 0.1) is 12.5 Å². The van der Waals surface area contributed by atoms with Gasteiger partial charge in [-0.15, -0.1) is 0 Å². The van der Waals surface area contributed by atoms with Crippen LogP contribution in [0.25, 0.3) is 10.9 Å². The number of benzene rings is 1. The number of rotatable bonds is 1. The lowest BCUT2D eigenvalue weighted by molar-refractivity contribution is 0.0689. The number of halogens is 1. The zero-order chi connectivity index (χ0) is 11.0. The van der Waals surface area contributed by atoms with E-state index in [2.05, 4.69) is 22.0 Å². The van der Waals surface area contributed by atoms with Gasteiger partial charge in [0.25, 0.3) is 0 Å². The number of terminal acetylenes is 1. The molecule has 0 amide bonds. The second-order valence-corrected chi connectivity index (χ2v) is 3.92. The third-order valence-corrected chi connectivity index (χ3v) is 2.61. The van der Waals surface area contributed by atoms with E-state index in [1.54, 1.807) is 12.1 Å². The number of aromatic nitrogens is 1. The van der Waals surface area contributed by atoms with E-state index in [1.807, 2.05) is 12.1 Å². The highest BCUT2D eigenvalue weighted by Crippen LogP contribution is 2.23. The van der Waals surface area contributed by atoms with Crippen molar-refractivity contribution in [2.24, 2.45) is 0 Å². The van der Waals surface area contributed by atoms with E-state index in [0.717, 1.165) is 9.86 Å². The molecule has 0 aliphatic rings. The Hall–Kier alpha value is -1.73. The van der Waals surface area contributed by atoms with E-state index in [4.69, 9.17) is 11.5 Å². The minimum Gasteiger partial charge on any atom is -0.477 e. The molecule has 1 N–H and O–H groups in total. The second kappa shape index (κ2) is 3.44. The van der Waals surface area contributed by atoms with Crippen LogP contribution in [0.15, 0.2) is 28.7 Å². The van der Waals surface area contributed by atoms with Crippen LogP contribution >= 0.6 is 15.9 Å². The summed E-state index contributed by atoms with van der Waals surface area (Å²) in [6.07, 6.45) is 5.28. The Bertz CT molecular complexity index is 592. The minimum atomic E-state index is -1.03. The number of carbonyl (C=O) groups is 1. The monoisotopic (exact) mass is 263 g/mol. The third-order valence-electron chi connectivity index (χ3n) is 2.11. The first-order valence-corrected chi connectivity index (χ1v) is 4.93. The van der Waals surface area contributed by atoms with Crippen molar-refractivity contribution in [3.05, 3.63) is 34.4 Å². The van der Waals surface area contributed by atoms with Gasteiger partial charge in [0.1, 0.15) is 5.69 Å². The van der Waals surface area contributed by atoms with E-state index in [0.29, 0.717) is 5.52 Å². The van der Waals surface area contributed by atoms with E-state index in [-0.39, 0.29) is 5.69 Å². The van der Waals surface area contributed by atoms with Crippen LogP contribution in [-0.4, -0.2) is 15.6 Å². The first-order valence-electron chi connectivity index (χ1n) is 4.14. The first kappa shape index (κ1) is 9.81. The molecule has 0 spiro atoms. The number of carboxylic acids is 1. The van der Waals surface area contributed by atoms with Gasteiger partial charge in [-0.05, 0) is 18.2 Å². The van der Waals surface area contributed by atoms with Gasteiger partial charge in [0.2, 0.25) is 0 Å². The zero-order valence-corrected chi connectivity index (χ0v) is 9.15. The molecular formula is C11H6BrNO2. The molecule has 0 bridgehead atoms. The molecule has 3 nitrogen and oxygen atoms in total. The third kappa shape index (κ3) is 1.51. The number of aromatic carboxylic acids is 1. The number of hydrogen-bond acceptors (Lipinski definition) is 1. The maximum atomic E-state index is 10.9. The molecule has 2 rings (SSSR count). The van der Waals surface area contributed by atoms with Crippen LogP contribution in [-0.2, 0) is 0 Å². The molecule has 4 heteroatoms. The van der Waals surface area contributed by atoms with Crippen molar-refractivity contribution >= 4 is 32.8 Å². The van der Waals surface area contributed by atoms with Gasteiger partial charge in [-0.25, -0.2) is 4.79 Å². The molecule has 1 aromatic heterocycles. The average Bonchev–Trinajstić information content (AvgIpc) is 2.55. The summed E-state index contributed by atoms with van der Waals surface area (Å²) < 4.78 is 2.18. The van der Waals surface area contributed by atoms with Crippen LogP contribution in [0.2, 0.25) is 0 Å². The Labute approximate surface area is 94.4 Å². The maximum absolute atomic E-state index is 10.9. The van der Waals surface area contributed by atoms with Gasteiger partial charge >= 0.3 is 5.97 Å². The van der Waals surface area contributed by atoms with Crippen LogP contribution in [0.5, 0.6) is 0 Å². The normalized spacial score (nSPS) is 10.1. The summed E-state index contributed by atoms with van der Waals surface area (Å²) in [4.78, 5) is 10.9. The fourth-order valence-corrected chi connectivity index (χ4v) is 1.82. The molecule has 0 unspecified atom stereocenters. The Morgan fingerprint density at radius 2 is 2.20 bits per heavy atom. The van der Waals surface area contributed by atoms with Gasteiger partial charge in [0.15, 0.2) is 0 Å². The maximum Gasteiger partial charge on any atom is 0.353 e. The van der Waals surface area contributed by atoms with Gasteiger partial charge in [-0.3, -0.25) is 4.57 Å². The first-order chi connectivity index (χ1) is 7.13. The molecule has 15 heavy (non-hydrogen) atoms. The van der Waals surface area contributed by atoms with Crippen molar-refractivity contribution in [2.45, 2.75) is 0 Å². The summed E-state index contributed by atoms with van der Waals surface area (Å²) in [5.41, 5.74) is 0.815. The van der Waals surface area contributed by atoms with E-state index in [9.17, 15) is 4.79 Å². The van der Waals surface area contributed by atoms with Crippen molar-refractivity contribution < 1.29 is 9.90 Å². The van der Waals surface area contributed by atoms with E-state index in [1.165, 1.54) is 4.57 Å². The SMILES string of the molecule is C#Cn1c(C(=O)O)cc2ccc(Br)cc21. The highest BCUT2D eigenvalue weighted by Gasteiger charge is 2.13. The van der Waals surface area contributed by atoms with Gasteiger partial charge in [-0.2, -0.15) is 0 Å². The molecule has 0 atom stereocenters. The van der Waals surface area contributed by atoms with Gasteiger partial charge in [0, 0.05) is 15.9 Å². The lowest BCUT2D eigenvalue weighted by Crippen LogP contribution is -2.03. The van der Waals surface area contributed by atoms with Crippen molar-refractivity contribution in [2.75, 3.05) is 0 Å². The van der Waals surface area contributed by atoms with E-state index < -0.39 is 5.97 Å². The smallest absolute Gasteiger partial charge is 0.353 e. The largest absolute Gasteiger partial charge is 0.477 e. The van der Waals surface area contributed by atoms with Crippen molar-refractivity contribution in [3.63, 3.8) is 0 Å². The van der Waals surface area contributed by atoms with Gasteiger partial charge < -0.3 is 5.11 Å². The molecule has 0 aliphatic heterocycles. The van der Waals surface area contributed by atoms with Crippen molar-refractivity contribution in [1.29, 1.82) is 0 Å². The zero-order valence-electron chi connectivity index (χ0n) is 7.57. The minimum absolute atomic E-state index is 0.102. The lowest BCUT2D eigenvalue weighted by Gasteiger charge is -1.97. The highest BCUT2D eigenvalue weighted by molar-refractivity contribution is 9.10. The number of nitrogens with zero attached hydrogens (tertiary/aromatic N) is 1. The van der Waals surface area contributed by atoms with Crippen LogP contribution in [0.1, 0.15) is 10.5 Å². The summed E-state index contributed by atoms with van der Waals surface area (Å²) in [5, 5.41) is 9.75. The fraction of sp³-hybridized carbons (Fsp3) is 0. The Morgan fingerprint density at radius 3 is 2.80 bits per heavy atom. The lowest BCUT2D eigenvalue weighted by atomic mass is 10.2. The molecule has 0 fully saturated rings. The number of fused-ring (bicyclic) bond motifs is 1. The molecule has 0 saturated heterocycles. The molecule has 0 aliphatic carbocycles. The Morgan fingerprint density at radius 1 is 1.47 bits per heavy atom. The quantitative estimate of drug-likeness (QED) is 0.804. The molecule has 74 valence electrons. The van der Waals surface area contributed by atoms with E-state index >= 15 is 0 Å². The molecule has 1 heterocycles. The predicted molar refractivity (Wildman–Crippen MR) is 60.8 cm³/mol. The van der Waals surface area contributed by atoms with Gasteiger partial charge in [0.05, 0.1) is 5.52 Å². The van der Waals surface area contributed by atoms with Crippen LogP contribution in [0.4, 0.5) is 0 Å². The molecule has 0 saturated carbocycles.